The fraction of sp³-hybridized carbons (Fsp3) is 0.208. The molecule has 168 valence electrons. The average molecular weight is 446 g/mol. The standard InChI is InChI=1S/C24H23FN6O2/c1-15-21(16(2)31-24(29-15)27-14-28-31)10-11-22(32)26-13-17-4-3-5-20(12-17)30-23(33)18-6-8-19(25)9-7-18/h3-9,12,14H,10-11,13H2,1-2H3,(H,26,32)(H,30,33). The number of nitrogens with one attached hydrogen (secondary N) is 2. The molecule has 4 aromatic rings. The van der Waals surface area contributed by atoms with Crippen molar-refractivity contribution in [3.05, 3.63) is 88.8 Å². The van der Waals surface area contributed by atoms with Gasteiger partial charge in [0.2, 0.25) is 5.91 Å². The minimum absolute atomic E-state index is 0.0896. The first-order chi connectivity index (χ1) is 15.9. The van der Waals surface area contributed by atoms with Gasteiger partial charge in [0.15, 0.2) is 0 Å². The van der Waals surface area contributed by atoms with Crippen molar-refractivity contribution in [3.8, 4) is 0 Å². The summed E-state index contributed by atoms with van der Waals surface area (Å²) in [6.07, 6.45) is 2.31. The third-order valence-electron chi connectivity index (χ3n) is 5.37. The molecule has 4 rings (SSSR count). The fourth-order valence-electron chi connectivity index (χ4n) is 3.61. The van der Waals surface area contributed by atoms with Crippen LogP contribution < -0.4 is 10.6 Å². The maximum atomic E-state index is 13.0. The molecule has 0 fully saturated rings. The van der Waals surface area contributed by atoms with E-state index in [1.54, 1.807) is 22.7 Å². The van der Waals surface area contributed by atoms with Gasteiger partial charge in [-0.15, -0.1) is 0 Å². The Kier molecular flexibility index (Phi) is 6.39. The highest BCUT2D eigenvalue weighted by atomic mass is 19.1. The quantitative estimate of drug-likeness (QED) is 0.453. The molecule has 0 aliphatic rings. The molecule has 0 radical (unpaired) electrons. The number of hydrogen-bond donors (Lipinski definition) is 2. The van der Waals surface area contributed by atoms with E-state index in [2.05, 4.69) is 25.7 Å². The van der Waals surface area contributed by atoms with Crippen LogP contribution in [-0.2, 0) is 17.8 Å². The molecule has 2 aromatic heterocycles. The van der Waals surface area contributed by atoms with E-state index in [1.807, 2.05) is 19.9 Å². The van der Waals surface area contributed by atoms with E-state index in [1.165, 1.54) is 30.6 Å². The number of benzene rings is 2. The summed E-state index contributed by atoms with van der Waals surface area (Å²) in [5, 5.41) is 9.86. The predicted octanol–water partition coefficient (Wildman–Crippen LogP) is 3.38. The van der Waals surface area contributed by atoms with Crippen molar-refractivity contribution in [1.82, 2.24) is 24.9 Å². The maximum Gasteiger partial charge on any atom is 0.255 e. The number of halogens is 1. The number of nitrogens with zero attached hydrogens (tertiary/aromatic N) is 4. The van der Waals surface area contributed by atoms with Crippen LogP contribution in [0.4, 0.5) is 10.1 Å². The Morgan fingerprint density at radius 1 is 1.09 bits per heavy atom. The number of hydrogen-bond acceptors (Lipinski definition) is 5. The molecule has 0 spiro atoms. The van der Waals surface area contributed by atoms with Gasteiger partial charge in [-0.3, -0.25) is 9.59 Å². The molecule has 0 saturated heterocycles. The fourth-order valence-corrected chi connectivity index (χ4v) is 3.61. The molecule has 8 nitrogen and oxygen atoms in total. The Balaban J connectivity index is 1.32. The molecule has 0 unspecified atom stereocenters. The van der Waals surface area contributed by atoms with Crippen molar-refractivity contribution >= 4 is 23.3 Å². The molecule has 33 heavy (non-hydrogen) atoms. The minimum atomic E-state index is -0.398. The van der Waals surface area contributed by atoms with Gasteiger partial charge in [0.1, 0.15) is 12.1 Å². The summed E-state index contributed by atoms with van der Waals surface area (Å²) in [4.78, 5) is 33.3. The zero-order valence-electron chi connectivity index (χ0n) is 18.3. The van der Waals surface area contributed by atoms with E-state index in [0.29, 0.717) is 36.4 Å². The molecular weight excluding hydrogens is 423 g/mol. The number of anilines is 1. The molecule has 2 heterocycles. The van der Waals surface area contributed by atoms with Crippen LogP contribution in [0, 0.1) is 19.7 Å². The molecule has 2 aromatic carbocycles. The average Bonchev–Trinajstić information content (AvgIpc) is 3.27. The Bertz CT molecular complexity index is 1320. The third-order valence-corrected chi connectivity index (χ3v) is 5.37. The smallest absolute Gasteiger partial charge is 0.255 e. The van der Waals surface area contributed by atoms with E-state index in [-0.39, 0.29) is 11.8 Å². The monoisotopic (exact) mass is 446 g/mol. The lowest BCUT2D eigenvalue weighted by Crippen LogP contribution is -2.23. The van der Waals surface area contributed by atoms with E-state index in [0.717, 1.165) is 22.5 Å². The first-order valence-corrected chi connectivity index (χ1v) is 10.5. The van der Waals surface area contributed by atoms with Gasteiger partial charge >= 0.3 is 0 Å². The number of carbonyl (C=O) groups is 2. The summed E-state index contributed by atoms with van der Waals surface area (Å²) in [5.74, 6) is -0.275. The van der Waals surface area contributed by atoms with Crippen LogP contribution in [0.1, 0.15) is 39.3 Å². The molecule has 0 aliphatic carbocycles. The lowest BCUT2D eigenvalue weighted by atomic mass is 10.1. The lowest BCUT2D eigenvalue weighted by Gasteiger charge is -2.11. The topological polar surface area (TPSA) is 101 Å². The van der Waals surface area contributed by atoms with Gasteiger partial charge in [-0.1, -0.05) is 12.1 Å². The number of aryl methyl sites for hydroxylation is 2. The molecule has 9 heteroatoms. The van der Waals surface area contributed by atoms with Gasteiger partial charge in [0.25, 0.3) is 11.7 Å². The SMILES string of the molecule is Cc1nc2ncnn2c(C)c1CCC(=O)NCc1cccc(NC(=O)c2ccc(F)cc2)c1. The summed E-state index contributed by atoms with van der Waals surface area (Å²) in [5.41, 5.74) is 4.54. The zero-order valence-corrected chi connectivity index (χ0v) is 18.3. The summed E-state index contributed by atoms with van der Waals surface area (Å²) in [7, 11) is 0. The molecular formula is C24H23FN6O2. The van der Waals surface area contributed by atoms with Crippen molar-refractivity contribution in [2.24, 2.45) is 0 Å². The Hall–Kier alpha value is -4.14. The van der Waals surface area contributed by atoms with Gasteiger partial charge in [-0.2, -0.15) is 10.1 Å². The van der Waals surface area contributed by atoms with Crippen LogP contribution in [0.5, 0.6) is 0 Å². The second-order valence-corrected chi connectivity index (χ2v) is 7.67. The lowest BCUT2D eigenvalue weighted by molar-refractivity contribution is -0.121. The van der Waals surface area contributed by atoms with Crippen molar-refractivity contribution in [3.63, 3.8) is 0 Å². The third kappa shape index (κ3) is 5.20. The van der Waals surface area contributed by atoms with Crippen LogP contribution >= 0.6 is 0 Å². The summed E-state index contributed by atoms with van der Waals surface area (Å²) in [6, 6.07) is 12.5. The summed E-state index contributed by atoms with van der Waals surface area (Å²) >= 11 is 0. The van der Waals surface area contributed by atoms with Crippen molar-refractivity contribution in [2.45, 2.75) is 33.2 Å². The summed E-state index contributed by atoms with van der Waals surface area (Å²) in [6.45, 7) is 4.17. The van der Waals surface area contributed by atoms with Gasteiger partial charge in [0.05, 0.1) is 0 Å². The zero-order chi connectivity index (χ0) is 23.4. The van der Waals surface area contributed by atoms with E-state index >= 15 is 0 Å². The van der Waals surface area contributed by atoms with Crippen LogP contribution in [0.25, 0.3) is 5.78 Å². The molecule has 0 atom stereocenters. The highest BCUT2D eigenvalue weighted by molar-refractivity contribution is 6.04. The number of rotatable bonds is 7. The first kappa shape index (κ1) is 22.1. The van der Waals surface area contributed by atoms with Gasteiger partial charge in [-0.25, -0.2) is 13.9 Å². The van der Waals surface area contributed by atoms with Crippen molar-refractivity contribution < 1.29 is 14.0 Å². The van der Waals surface area contributed by atoms with E-state index in [9.17, 15) is 14.0 Å². The largest absolute Gasteiger partial charge is 0.352 e. The molecule has 2 N–H and O–H groups in total. The van der Waals surface area contributed by atoms with Crippen LogP contribution in [0.3, 0.4) is 0 Å². The summed E-state index contributed by atoms with van der Waals surface area (Å²) < 4.78 is 14.7. The first-order valence-electron chi connectivity index (χ1n) is 10.5. The molecule has 2 amide bonds. The van der Waals surface area contributed by atoms with Gasteiger partial charge in [-0.05, 0) is 67.8 Å². The molecule has 0 saturated carbocycles. The number of fused-ring (bicyclic) bond motifs is 1. The highest BCUT2D eigenvalue weighted by Gasteiger charge is 2.13. The Morgan fingerprint density at radius 2 is 1.88 bits per heavy atom. The number of carbonyl (C=O) groups excluding carboxylic acids is 2. The number of aromatic nitrogens is 4. The van der Waals surface area contributed by atoms with E-state index in [4.69, 9.17) is 0 Å². The second kappa shape index (κ2) is 9.56. The predicted molar refractivity (Wildman–Crippen MR) is 121 cm³/mol. The minimum Gasteiger partial charge on any atom is -0.352 e. The normalized spacial score (nSPS) is 10.9. The van der Waals surface area contributed by atoms with Crippen LogP contribution in [-0.4, -0.2) is 31.4 Å². The highest BCUT2D eigenvalue weighted by Crippen LogP contribution is 2.16. The maximum absolute atomic E-state index is 13.0. The van der Waals surface area contributed by atoms with Gasteiger partial charge < -0.3 is 10.6 Å². The van der Waals surface area contributed by atoms with Crippen molar-refractivity contribution in [1.29, 1.82) is 0 Å². The van der Waals surface area contributed by atoms with Gasteiger partial charge in [0, 0.05) is 35.6 Å². The molecule has 0 aliphatic heterocycles. The van der Waals surface area contributed by atoms with Crippen LogP contribution in [0.2, 0.25) is 0 Å². The Morgan fingerprint density at radius 3 is 2.67 bits per heavy atom. The van der Waals surface area contributed by atoms with E-state index < -0.39 is 5.82 Å². The van der Waals surface area contributed by atoms with Crippen LogP contribution in [0.15, 0.2) is 54.9 Å². The second-order valence-electron chi connectivity index (χ2n) is 7.67. The molecule has 0 bridgehead atoms. The number of amides is 2. The van der Waals surface area contributed by atoms with Crippen molar-refractivity contribution in [2.75, 3.05) is 5.32 Å². The Labute approximate surface area is 189 Å².